The zero-order valence-corrected chi connectivity index (χ0v) is 9.72. The Kier molecular flexibility index (Phi) is 4.45. The van der Waals surface area contributed by atoms with Crippen LogP contribution >= 0.6 is 0 Å². The van der Waals surface area contributed by atoms with Gasteiger partial charge in [-0.15, -0.1) is 0 Å². The molecule has 1 aromatic carbocycles. The van der Waals surface area contributed by atoms with E-state index in [1.54, 1.807) is 6.07 Å². The molecule has 1 aromatic rings. The number of benzene rings is 1. The van der Waals surface area contributed by atoms with E-state index in [0.717, 1.165) is 19.0 Å². The van der Waals surface area contributed by atoms with Crippen molar-refractivity contribution >= 4 is 0 Å². The van der Waals surface area contributed by atoms with Gasteiger partial charge in [0.1, 0.15) is 0 Å². The van der Waals surface area contributed by atoms with Gasteiger partial charge in [0.25, 0.3) is 0 Å². The molecule has 1 saturated heterocycles. The molecule has 1 atom stereocenters. The number of rotatable bonds is 4. The number of ether oxygens (including phenoxy) is 1. The molecule has 2 rings (SSSR count). The van der Waals surface area contributed by atoms with Gasteiger partial charge in [-0.2, -0.15) is 0 Å². The molecule has 0 saturated carbocycles. The average Bonchev–Trinajstić information content (AvgIpc) is 2.36. The van der Waals surface area contributed by atoms with Crippen LogP contribution in [0.1, 0.15) is 24.8 Å². The van der Waals surface area contributed by atoms with Gasteiger partial charge in [0.05, 0.1) is 13.2 Å². The van der Waals surface area contributed by atoms with E-state index in [-0.39, 0.29) is 12.2 Å². The van der Waals surface area contributed by atoms with Crippen LogP contribution in [0.3, 0.4) is 0 Å². The molecule has 1 heterocycles. The Morgan fingerprint density at radius 3 is 2.94 bits per heavy atom. The van der Waals surface area contributed by atoms with Crippen LogP contribution in [0.25, 0.3) is 0 Å². The standard InChI is InChI=1S/C13H17F2NO/c14-12-6-3-4-10(13(12)15)8-17-9-11-5-1-2-7-16-11/h3-4,6,11,16H,1-2,5,7-9H2. The first kappa shape index (κ1) is 12.5. The molecule has 0 aromatic heterocycles. The van der Waals surface area contributed by atoms with E-state index in [1.807, 2.05) is 0 Å². The Morgan fingerprint density at radius 2 is 2.18 bits per heavy atom. The zero-order valence-electron chi connectivity index (χ0n) is 9.72. The lowest BCUT2D eigenvalue weighted by Crippen LogP contribution is -2.37. The molecule has 1 N–H and O–H groups in total. The lowest BCUT2D eigenvalue weighted by atomic mass is 10.1. The maximum atomic E-state index is 13.3. The van der Waals surface area contributed by atoms with E-state index in [1.165, 1.54) is 18.9 Å². The molecule has 1 aliphatic rings. The van der Waals surface area contributed by atoms with E-state index in [4.69, 9.17) is 4.74 Å². The summed E-state index contributed by atoms with van der Waals surface area (Å²) in [4.78, 5) is 0. The molecule has 2 nitrogen and oxygen atoms in total. The minimum atomic E-state index is -0.818. The summed E-state index contributed by atoms with van der Waals surface area (Å²) >= 11 is 0. The van der Waals surface area contributed by atoms with Crippen molar-refractivity contribution in [3.8, 4) is 0 Å². The Balaban J connectivity index is 1.79. The Hall–Kier alpha value is -1.00. The number of nitrogens with one attached hydrogen (secondary N) is 1. The van der Waals surface area contributed by atoms with Crippen molar-refractivity contribution in [2.75, 3.05) is 13.2 Å². The quantitative estimate of drug-likeness (QED) is 0.875. The Labute approximate surface area is 100.0 Å². The maximum absolute atomic E-state index is 13.3. The summed E-state index contributed by atoms with van der Waals surface area (Å²) in [5.74, 6) is -1.62. The van der Waals surface area contributed by atoms with Gasteiger partial charge < -0.3 is 10.1 Å². The Bertz CT molecular complexity index is 364. The van der Waals surface area contributed by atoms with Gasteiger partial charge in [-0.05, 0) is 25.5 Å². The largest absolute Gasteiger partial charge is 0.375 e. The fraction of sp³-hybridized carbons (Fsp3) is 0.538. The highest BCUT2D eigenvalue weighted by atomic mass is 19.2. The monoisotopic (exact) mass is 241 g/mol. The van der Waals surface area contributed by atoms with E-state index in [2.05, 4.69) is 5.32 Å². The second kappa shape index (κ2) is 6.07. The van der Waals surface area contributed by atoms with Crippen LogP contribution in [-0.4, -0.2) is 19.2 Å². The molecule has 0 radical (unpaired) electrons. The van der Waals surface area contributed by atoms with Crippen molar-refractivity contribution in [2.45, 2.75) is 31.9 Å². The second-order valence-corrected chi connectivity index (χ2v) is 4.37. The van der Waals surface area contributed by atoms with Gasteiger partial charge in [0, 0.05) is 11.6 Å². The lowest BCUT2D eigenvalue weighted by Gasteiger charge is -2.23. The van der Waals surface area contributed by atoms with Gasteiger partial charge in [0.2, 0.25) is 0 Å². The minimum Gasteiger partial charge on any atom is -0.375 e. The first-order valence-electron chi connectivity index (χ1n) is 6.01. The molecule has 94 valence electrons. The highest BCUT2D eigenvalue weighted by Gasteiger charge is 2.13. The van der Waals surface area contributed by atoms with Crippen molar-refractivity contribution in [1.29, 1.82) is 0 Å². The first-order valence-corrected chi connectivity index (χ1v) is 6.01. The SMILES string of the molecule is Fc1cccc(COCC2CCCCN2)c1F. The predicted octanol–water partition coefficient (Wildman–Crippen LogP) is 2.62. The van der Waals surface area contributed by atoms with Gasteiger partial charge in [0.15, 0.2) is 11.6 Å². The predicted molar refractivity (Wildman–Crippen MR) is 61.7 cm³/mol. The molecule has 17 heavy (non-hydrogen) atoms. The van der Waals surface area contributed by atoms with Gasteiger partial charge in [-0.3, -0.25) is 0 Å². The molecule has 0 bridgehead atoms. The van der Waals surface area contributed by atoms with E-state index in [9.17, 15) is 8.78 Å². The van der Waals surface area contributed by atoms with E-state index >= 15 is 0 Å². The van der Waals surface area contributed by atoms with E-state index < -0.39 is 11.6 Å². The molecule has 0 spiro atoms. The third kappa shape index (κ3) is 3.48. The van der Waals surface area contributed by atoms with Crippen LogP contribution in [0.5, 0.6) is 0 Å². The van der Waals surface area contributed by atoms with Crippen molar-refractivity contribution in [3.63, 3.8) is 0 Å². The zero-order chi connectivity index (χ0) is 12.1. The fourth-order valence-electron chi connectivity index (χ4n) is 2.04. The third-order valence-electron chi connectivity index (χ3n) is 3.02. The van der Waals surface area contributed by atoms with Crippen LogP contribution in [0, 0.1) is 11.6 Å². The van der Waals surface area contributed by atoms with Crippen molar-refractivity contribution < 1.29 is 13.5 Å². The number of halogens is 2. The molecular formula is C13H17F2NO. The van der Waals surface area contributed by atoms with Crippen molar-refractivity contribution in [1.82, 2.24) is 5.32 Å². The molecule has 1 unspecified atom stereocenters. The molecule has 1 aliphatic heterocycles. The van der Waals surface area contributed by atoms with Crippen LogP contribution in [0.4, 0.5) is 8.78 Å². The van der Waals surface area contributed by atoms with Crippen LogP contribution in [0.15, 0.2) is 18.2 Å². The number of hydrogen-bond donors (Lipinski definition) is 1. The molecule has 4 heteroatoms. The van der Waals surface area contributed by atoms with E-state index in [0.29, 0.717) is 12.6 Å². The molecule has 1 fully saturated rings. The number of hydrogen-bond acceptors (Lipinski definition) is 2. The Morgan fingerprint density at radius 1 is 1.29 bits per heavy atom. The lowest BCUT2D eigenvalue weighted by molar-refractivity contribution is 0.0889. The summed E-state index contributed by atoms with van der Waals surface area (Å²) < 4.78 is 31.6. The molecule has 0 amide bonds. The highest BCUT2D eigenvalue weighted by molar-refractivity contribution is 5.17. The maximum Gasteiger partial charge on any atom is 0.164 e. The molecular weight excluding hydrogens is 224 g/mol. The summed E-state index contributed by atoms with van der Waals surface area (Å²) in [5, 5.41) is 3.34. The van der Waals surface area contributed by atoms with Crippen LogP contribution in [0.2, 0.25) is 0 Å². The molecule has 0 aliphatic carbocycles. The average molecular weight is 241 g/mol. The van der Waals surface area contributed by atoms with Crippen LogP contribution in [-0.2, 0) is 11.3 Å². The van der Waals surface area contributed by atoms with Gasteiger partial charge in [-0.25, -0.2) is 8.78 Å². The second-order valence-electron chi connectivity index (χ2n) is 4.37. The van der Waals surface area contributed by atoms with Crippen molar-refractivity contribution in [3.05, 3.63) is 35.4 Å². The number of piperidine rings is 1. The van der Waals surface area contributed by atoms with Crippen LogP contribution < -0.4 is 5.32 Å². The van der Waals surface area contributed by atoms with Gasteiger partial charge in [-0.1, -0.05) is 18.6 Å². The normalized spacial score (nSPS) is 20.5. The van der Waals surface area contributed by atoms with Gasteiger partial charge >= 0.3 is 0 Å². The fourth-order valence-corrected chi connectivity index (χ4v) is 2.04. The minimum absolute atomic E-state index is 0.127. The summed E-state index contributed by atoms with van der Waals surface area (Å²) in [7, 11) is 0. The highest BCUT2D eigenvalue weighted by Crippen LogP contribution is 2.13. The summed E-state index contributed by atoms with van der Waals surface area (Å²) in [6.07, 6.45) is 3.50. The summed E-state index contributed by atoms with van der Waals surface area (Å²) in [6, 6.07) is 4.50. The topological polar surface area (TPSA) is 21.3 Å². The third-order valence-corrected chi connectivity index (χ3v) is 3.02. The smallest absolute Gasteiger partial charge is 0.164 e. The van der Waals surface area contributed by atoms with Crippen molar-refractivity contribution in [2.24, 2.45) is 0 Å². The summed E-state index contributed by atoms with van der Waals surface area (Å²) in [6.45, 7) is 1.69. The first-order chi connectivity index (χ1) is 8.27. The summed E-state index contributed by atoms with van der Waals surface area (Å²) in [5.41, 5.74) is 0.279.